The van der Waals surface area contributed by atoms with Crippen molar-refractivity contribution in [2.75, 3.05) is 49.9 Å². The number of rotatable bonds is 9. The van der Waals surface area contributed by atoms with E-state index in [1.54, 1.807) is 45.6 Å². The van der Waals surface area contributed by atoms with Gasteiger partial charge in [-0.3, -0.25) is 24.1 Å². The zero-order chi connectivity index (χ0) is 29.4. The molecule has 0 aromatic carbocycles. The summed E-state index contributed by atoms with van der Waals surface area (Å²) in [5.41, 5.74) is 8.68. The molecule has 0 unspecified atom stereocenters. The first-order valence-electron chi connectivity index (χ1n) is 14.5. The molecule has 2 aliphatic heterocycles. The minimum atomic E-state index is -0.205. The van der Waals surface area contributed by atoms with Crippen LogP contribution in [-0.2, 0) is 16.6 Å². The lowest BCUT2D eigenvalue weighted by Gasteiger charge is -2.28. The van der Waals surface area contributed by atoms with Gasteiger partial charge in [0.2, 0.25) is 11.8 Å². The molecule has 1 atom stereocenters. The highest BCUT2D eigenvalue weighted by Gasteiger charge is 2.34. The van der Waals surface area contributed by atoms with Crippen molar-refractivity contribution in [1.29, 1.82) is 5.41 Å². The van der Waals surface area contributed by atoms with E-state index in [-0.39, 0.29) is 23.7 Å². The predicted octanol–water partition coefficient (Wildman–Crippen LogP) is 2.68. The fraction of sp³-hybridized carbons (Fsp3) is 0.483. The molecule has 0 bridgehead atoms. The quantitative estimate of drug-likeness (QED) is 0.362. The van der Waals surface area contributed by atoms with Gasteiger partial charge in [0.15, 0.2) is 5.82 Å². The van der Waals surface area contributed by atoms with Crippen molar-refractivity contribution in [1.82, 2.24) is 34.5 Å². The van der Waals surface area contributed by atoms with Gasteiger partial charge in [-0.05, 0) is 56.9 Å². The number of likely N-dealkylation sites (tertiary alicyclic amines) is 1. The van der Waals surface area contributed by atoms with Crippen LogP contribution in [0.4, 0.5) is 11.5 Å². The molecule has 3 aromatic heterocycles. The van der Waals surface area contributed by atoms with Gasteiger partial charge in [-0.1, -0.05) is 6.08 Å². The Morgan fingerprint density at radius 1 is 1.17 bits per heavy atom. The van der Waals surface area contributed by atoms with E-state index in [2.05, 4.69) is 31.0 Å². The van der Waals surface area contributed by atoms with Crippen molar-refractivity contribution in [2.24, 2.45) is 18.9 Å². The molecule has 3 aliphatic rings. The van der Waals surface area contributed by atoms with Crippen molar-refractivity contribution in [3.05, 3.63) is 41.4 Å². The fourth-order valence-electron chi connectivity index (χ4n) is 5.58. The number of nitrogen functional groups attached to an aromatic ring is 1. The number of amides is 2. The van der Waals surface area contributed by atoms with Crippen LogP contribution in [0.25, 0.3) is 16.3 Å². The Hall–Kier alpha value is -3.97. The summed E-state index contributed by atoms with van der Waals surface area (Å²) < 4.78 is 1.67. The molecule has 12 nitrogen and oxygen atoms in total. The topological polar surface area (TPSA) is 150 Å². The lowest BCUT2D eigenvalue weighted by atomic mass is 10.1. The number of nitrogens with one attached hydrogen (secondary N) is 1. The Morgan fingerprint density at radius 2 is 2.00 bits per heavy atom. The summed E-state index contributed by atoms with van der Waals surface area (Å²) in [5, 5.41) is 13.7. The molecule has 13 heteroatoms. The van der Waals surface area contributed by atoms with Crippen LogP contribution in [-0.4, -0.2) is 91.3 Å². The highest BCUT2D eigenvalue weighted by Crippen LogP contribution is 2.34. The van der Waals surface area contributed by atoms with E-state index in [0.29, 0.717) is 74.4 Å². The van der Waals surface area contributed by atoms with Crippen LogP contribution in [0.3, 0.4) is 0 Å². The minimum Gasteiger partial charge on any atom is -0.397 e. The molecule has 3 N–H and O–H groups in total. The first-order chi connectivity index (χ1) is 20.3. The number of thiazole rings is 1. The molecule has 42 heavy (non-hydrogen) atoms. The fourth-order valence-corrected chi connectivity index (χ4v) is 6.50. The van der Waals surface area contributed by atoms with Crippen LogP contribution in [0.5, 0.6) is 0 Å². The van der Waals surface area contributed by atoms with Gasteiger partial charge in [0.1, 0.15) is 22.8 Å². The second-order valence-electron chi connectivity index (χ2n) is 11.2. The summed E-state index contributed by atoms with van der Waals surface area (Å²) in [6.45, 7) is 5.13. The van der Waals surface area contributed by atoms with E-state index in [1.165, 1.54) is 0 Å². The second-order valence-corrected chi connectivity index (χ2v) is 12.2. The smallest absolute Gasteiger partial charge is 0.237 e. The lowest BCUT2D eigenvalue weighted by Crippen LogP contribution is -2.42. The largest absolute Gasteiger partial charge is 0.397 e. The SMILES string of the molecule is CCN(C(=O)[C@@H]1CCN(CC(=O)N2CC=C(c3ncc(-c4ncn(C)n4)s3)CC2)C1)c1ccc(N)c(C(=N)C2CC2)n1. The number of hydrogen-bond acceptors (Lipinski definition) is 10. The van der Waals surface area contributed by atoms with Gasteiger partial charge < -0.3 is 16.0 Å². The van der Waals surface area contributed by atoms with Crippen molar-refractivity contribution >= 4 is 45.9 Å². The zero-order valence-corrected chi connectivity index (χ0v) is 24.8. The van der Waals surface area contributed by atoms with Crippen LogP contribution in [0.1, 0.15) is 43.3 Å². The Balaban J connectivity index is 1.03. The number of aryl methyl sites for hydroxylation is 1. The van der Waals surface area contributed by atoms with E-state index in [9.17, 15) is 9.59 Å². The number of nitrogens with two attached hydrogens (primary N) is 1. The van der Waals surface area contributed by atoms with Crippen LogP contribution >= 0.6 is 11.3 Å². The van der Waals surface area contributed by atoms with E-state index in [1.807, 2.05) is 18.9 Å². The molecule has 0 radical (unpaired) electrons. The van der Waals surface area contributed by atoms with Gasteiger partial charge in [0.25, 0.3) is 0 Å². The number of hydrogen-bond donors (Lipinski definition) is 2. The number of nitrogens with zero attached hydrogens (tertiary/aromatic N) is 8. The summed E-state index contributed by atoms with van der Waals surface area (Å²) in [4.78, 5) is 46.8. The Kier molecular flexibility index (Phi) is 7.86. The van der Waals surface area contributed by atoms with Crippen LogP contribution in [0.15, 0.2) is 30.7 Å². The molecule has 1 saturated carbocycles. The maximum absolute atomic E-state index is 13.5. The monoisotopic (exact) mass is 588 g/mol. The molecule has 220 valence electrons. The molecule has 1 saturated heterocycles. The summed E-state index contributed by atoms with van der Waals surface area (Å²) >= 11 is 1.57. The third kappa shape index (κ3) is 5.84. The lowest BCUT2D eigenvalue weighted by molar-refractivity contribution is -0.132. The molecule has 2 fully saturated rings. The minimum absolute atomic E-state index is 0.00268. The average molecular weight is 589 g/mol. The predicted molar refractivity (Wildman–Crippen MR) is 162 cm³/mol. The maximum Gasteiger partial charge on any atom is 0.237 e. The third-order valence-corrected chi connectivity index (χ3v) is 9.22. The maximum atomic E-state index is 13.5. The van der Waals surface area contributed by atoms with Crippen LogP contribution < -0.4 is 10.6 Å². The number of carbonyl (C=O) groups excluding carboxylic acids is 2. The van der Waals surface area contributed by atoms with E-state index in [0.717, 1.165) is 34.7 Å². The van der Waals surface area contributed by atoms with Crippen molar-refractivity contribution in [2.45, 2.75) is 32.6 Å². The van der Waals surface area contributed by atoms with E-state index >= 15 is 0 Å². The number of aromatic nitrogens is 5. The van der Waals surface area contributed by atoms with E-state index < -0.39 is 0 Å². The number of carbonyl (C=O) groups is 2. The van der Waals surface area contributed by atoms with E-state index in [4.69, 9.17) is 11.1 Å². The second kappa shape index (κ2) is 11.7. The van der Waals surface area contributed by atoms with Crippen molar-refractivity contribution < 1.29 is 9.59 Å². The van der Waals surface area contributed by atoms with Crippen LogP contribution in [0.2, 0.25) is 0 Å². The molecule has 5 heterocycles. The molecule has 0 spiro atoms. The normalized spacial score (nSPS) is 19.1. The van der Waals surface area contributed by atoms with Crippen molar-refractivity contribution in [3.8, 4) is 10.7 Å². The molecule has 3 aromatic rings. The molecular formula is C29H36N10O2S. The first-order valence-corrected chi connectivity index (χ1v) is 15.3. The third-order valence-electron chi connectivity index (χ3n) is 8.15. The van der Waals surface area contributed by atoms with Gasteiger partial charge in [-0.2, -0.15) is 5.10 Å². The van der Waals surface area contributed by atoms with Gasteiger partial charge in [0, 0.05) is 45.3 Å². The van der Waals surface area contributed by atoms with Crippen molar-refractivity contribution in [3.63, 3.8) is 0 Å². The van der Waals surface area contributed by atoms with Gasteiger partial charge in [0.05, 0.1) is 28.7 Å². The summed E-state index contributed by atoms with van der Waals surface area (Å²) in [6, 6.07) is 3.50. The van der Waals surface area contributed by atoms with Gasteiger partial charge >= 0.3 is 0 Å². The Labute approximate surface area is 248 Å². The zero-order valence-electron chi connectivity index (χ0n) is 24.0. The number of anilines is 2. The number of pyridine rings is 1. The molecule has 6 rings (SSSR count). The Bertz CT molecular complexity index is 1540. The molecular weight excluding hydrogens is 552 g/mol. The highest BCUT2D eigenvalue weighted by molar-refractivity contribution is 7.16. The first kappa shape index (κ1) is 28.2. The summed E-state index contributed by atoms with van der Waals surface area (Å²) in [7, 11) is 1.84. The summed E-state index contributed by atoms with van der Waals surface area (Å²) in [6.07, 6.45) is 8.99. The standard InChI is InChI=1S/C29H36N10O2S/c1-3-39(23-7-6-21(30)26(34-23)25(31)18-4-5-18)29(41)20-8-11-37(15-20)16-24(40)38-12-9-19(10-13-38)28-32-14-22(42-28)27-33-17-36(2)35-27/h6-7,9,14,17-18,20,31H,3-5,8,10-13,15-16,30H2,1-2H3/t20-/m1/s1. The molecule has 1 aliphatic carbocycles. The van der Waals surface area contributed by atoms with Gasteiger partial charge in [-0.25, -0.2) is 15.0 Å². The van der Waals surface area contributed by atoms with Crippen LogP contribution in [0, 0.1) is 17.2 Å². The highest BCUT2D eigenvalue weighted by atomic mass is 32.1. The van der Waals surface area contributed by atoms with Gasteiger partial charge in [-0.15, -0.1) is 11.3 Å². The molecule has 2 amide bonds. The average Bonchev–Trinajstić information content (AvgIpc) is 3.32. The summed E-state index contributed by atoms with van der Waals surface area (Å²) in [5.74, 6) is 1.30. The Morgan fingerprint density at radius 3 is 2.69 bits per heavy atom.